The van der Waals surface area contributed by atoms with Gasteiger partial charge in [-0.15, -0.1) is 0 Å². The summed E-state index contributed by atoms with van der Waals surface area (Å²) in [6.45, 7) is 13.9. The molecule has 2 heteroatoms. The van der Waals surface area contributed by atoms with Crippen LogP contribution in [-0.2, 0) is 0 Å². The zero-order chi connectivity index (χ0) is 49.6. The highest BCUT2D eigenvalue weighted by atomic mass is 27.2. The molecule has 0 amide bonds. The normalized spacial score (nSPS) is 11.4. The molecule has 0 heterocycles. The first-order chi connectivity index (χ1) is 33.7. The zero-order valence-electron chi connectivity index (χ0n) is 49.6. The van der Waals surface area contributed by atoms with Gasteiger partial charge in [-0.05, 0) is 0 Å². The minimum absolute atomic E-state index is 0.444. The lowest BCUT2D eigenvalue weighted by molar-refractivity contribution is 0.557. The van der Waals surface area contributed by atoms with Crippen molar-refractivity contribution in [3.8, 4) is 0 Å². The highest BCUT2D eigenvalue weighted by molar-refractivity contribution is 6.59. The van der Waals surface area contributed by atoms with E-state index in [1.165, 1.54) is 308 Å². The molecule has 0 aromatic heterocycles. The van der Waals surface area contributed by atoms with Gasteiger partial charge in [-0.2, -0.15) is 0 Å². The molecule has 0 saturated heterocycles. The lowest BCUT2D eigenvalue weighted by Gasteiger charge is -2.12. The first-order valence-corrected chi connectivity index (χ1v) is 38.6. The van der Waals surface area contributed by atoms with Gasteiger partial charge in [0.1, 0.15) is 0 Å². The average molecular weight is 986 g/mol. The van der Waals surface area contributed by atoms with Gasteiger partial charge in [0.25, 0.3) is 28.3 Å². The molecule has 0 nitrogen and oxygen atoms in total. The van der Waals surface area contributed by atoms with Gasteiger partial charge < -0.3 is 0 Å². The number of rotatable bonds is 60. The second-order valence-electron chi connectivity index (χ2n) is 23.4. The van der Waals surface area contributed by atoms with Gasteiger partial charge in [0.2, 0.25) is 0 Å². The maximum absolute atomic E-state index is 2.32. The van der Waals surface area contributed by atoms with Crippen LogP contribution in [0.3, 0.4) is 0 Å². The molecule has 0 spiro atoms. The van der Waals surface area contributed by atoms with Crippen LogP contribution in [0.2, 0.25) is 31.7 Å². The molecule has 0 aromatic rings. The van der Waals surface area contributed by atoms with Crippen molar-refractivity contribution in [3.63, 3.8) is 0 Å². The fourth-order valence-electron chi connectivity index (χ4n) is 11.3. The Balaban J connectivity index is 0. The Morgan fingerprint density at radius 2 is 0.206 bits per heavy atom. The van der Waals surface area contributed by atoms with E-state index >= 15 is 0 Å². The summed E-state index contributed by atoms with van der Waals surface area (Å²) >= 11 is -0.912. The SMILES string of the molecule is CCCCCCCCCCC[CH2][Al]([CH2]CCCCCCCCCCC)[CH2]CCCCCCCCCCC.CCCCCCCCC[CH2][Al]([CH2]CCCCCCCCC)[CH2]CCCCCCCCC. The van der Waals surface area contributed by atoms with Gasteiger partial charge in [-0.25, -0.2) is 0 Å². The van der Waals surface area contributed by atoms with Gasteiger partial charge in [-0.1, -0.05) is 420 Å². The van der Waals surface area contributed by atoms with Gasteiger partial charge in [0.15, 0.2) is 0 Å². The molecular formula is C66H138Al2. The molecule has 0 atom stereocenters. The third-order valence-electron chi connectivity index (χ3n) is 16.3. The monoisotopic (exact) mass is 985 g/mol. The Morgan fingerprint density at radius 1 is 0.118 bits per heavy atom. The average Bonchev–Trinajstić information content (AvgIpc) is 3.35. The summed E-state index contributed by atoms with van der Waals surface area (Å²) in [5.74, 6) is 0. The van der Waals surface area contributed by atoms with Crippen molar-refractivity contribution in [2.45, 2.75) is 420 Å². The Hall–Kier alpha value is 1.06. The molecule has 0 radical (unpaired) electrons. The number of hydrogen-bond acceptors (Lipinski definition) is 0. The third kappa shape index (κ3) is 65.1. The highest BCUT2D eigenvalue weighted by Crippen LogP contribution is 2.23. The molecule has 0 N–H and O–H groups in total. The third-order valence-corrected chi connectivity index (χ3v) is 23.6. The number of hydrogen-bond donors (Lipinski definition) is 0. The Kier molecular flexibility index (Phi) is 71.2. The Labute approximate surface area is 445 Å². The Morgan fingerprint density at radius 3 is 0.309 bits per heavy atom. The fourth-order valence-corrected chi connectivity index (χ4v) is 18.3. The van der Waals surface area contributed by atoms with Crippen molar-refractivity contribution in [2.24, 2.45) is 0 Å². The predicted octanol–water partition coefficient (Wildman–Crippen LogP) is 26.1. The van der Waals surface area contributed by atoms with Crippen LogP contribution < -0.4 is 0 Å². The van der Waals surface area contributed by atoms with Crippen LogP contribution >= 0.6 is 0 Å². The molecule has 0 aromatic carbocycles. The largest absolute Gasteiger partial charge is 0.261 e. The summed E-state index contributed by atoms with van der Waals surface area (Å²) in [7, 11) is 0. The van der Waals surface area contributed by atoms with Crippen molar-refractivity contribution in [1.29, 1.82) is 0 Å². The standard InChI is InChI=1S/3C12H25.3C10H21.2Al/c3*1-3-5-7-9-11-12-10-8-6-4-2;3*1-3-5-7-9-10-8-6-4-2;;/h3*1,3-12H2,2H3;3*1,3-10H2,2H3;;. The minimum Gasteiger partial charge on any atom is -0.0939 e. The Bertz CT molecular complexity index is 706. The van der Waals surface area contributed by atoms with E-state index in [1.807, 2.05) is 0 Å². The van der Waals surface area contributed by atoms with E-state index in [9.17, 15) is 0 Å². The quantitative estimate of drug-likeness (QED) is 0.0421. The van der Waals surface area contributed by atoms with Crippen LogP contribution in [-0.4, -0.2) is 28.3 Å². The van der Waals surface area contributed by atoms with Crippen molar-refractivity contribution >= 4 is 28.3 Å². The molecule has 408 valence electrons. The van der Waals surface area contributed by atoms with E-state index < -0.39 is 28.3 Å². The van der Waals surface area contributed by atoms with Crippen LogP contribution in [0.25, 0.3) is 0 Å². The maximum Gasteiger partial charge on any atom is 0.261 e. The topological polar surface area (TPSA) is 0 Å². The van der Waals surface area contributed by atoms with Crippen LogP contribution in [0, 0.1) is 0 Å². The molecule has 68 heavy (non-hydrogen) atoms. The second-order valence-corrected chi connectivity index (χ2v) is 30.4. The zero-order valence-corrected chi connectivity index (χ0v) is 51.9. The van der Waals surface area contributed by atoms with E-state index in [-0.39, 0.29) is 0 Å². The molecule has 0 unspecified atom stereocenters. The molecule has 0 fully saturated rings. The van der Waals surface area contributed by atoms with Crippen LogP contribution in [0.15, 0.2) is 0 Å². The van der Waals surface area contributed by atoms with Crippen molar-refractivity contribution in [3.05, 3.63) is 0 Å². The number of unbranched alkanes of at least 4 members (excludes halogenated alkanes) is 48. The van der Waals surface area contributed by atoms with Crippen LogP contribution in [0.4, 0.5) is 0 Å². The molecule has 0 aliphatic rings. The summed E-state index contributed by atoms with van der Waals surface area (Å²) in [6, 6.07) is 0. The van der Waals surface area contributed by atoms with Crippen molar-refractivity contribution < 1.29 is 0 Å². The highest BCUT2D eigenvalue weighted by Gasteiger charge is 2.17. The predicted molar refractivity (Wildman–Crippen MR) is 324 cm³/mol. The summed E-state index contributed by atoms with van der Waals surface area (Å²) < 4.78 is 0. The maximum atomic E-state index is 2.32. The van der Waals surface area contributed by atoms with E-state index in [2.05, 4.69) is 41.5 Å². The van der Waals surface area contributed by atoms with E-state index in [1.54, 1.807) is 70.2 Å². The first-order valence-electron chi connectivity index (χ1n) is 33.7. The molecule has 0 saturated carbocycles. The fraction of sp³-hybridized carbons (Fsp3) is 1.00. The molecule has 0 rings (SSSR count). The van der Waals surface area contributed by atoms with Gasteiger partial charge >= 0.3 is 0 Å². The van der Waals surface area contributed by atoms with E-state index in [0.717, 1.165) is 0 Å². The van der Waals surface area contributed by atoms with E-state index in [4.69, 9.17) is 0 Å². The van der Waals surface area contributed by atoms with Crippen LogP contribution in [0.1, 0.15) is 388 Å². The second kappa shape index (κ2) is 68.1. The first kappa shape index (κ1) is 71.1. The molecular weight excluding hydrogens is 847 g/mol. The van der Waals surface area contributed by atoms with Gasteiger partial charge in [0, 0.05) is 0 Å². The summed E-state index contributed by atoms with van der Waals surface area (Å²) in [5, 5.41) is 10.0. The molecule has 0 aliphatic carbocycles. The van der Waals surface area contributed by atoms with Gasteiger partial charge in [0.05, 0.1) is 0 Å². The minimum atomic E-state index is -0.468. The summed E-state index contributed by atoms with van der Waals surface area (Å²) in [4.78, 5) is 0. The van der Waals surface area contributed by atoms with Crippen molar-refractivity contribution in [2.75, 3.05) is 0 Å². The van der Waals surface area contributed by atoms with Crippen LogP contribution in [0.5, 0.6) is 0 Å². The molecule has 0 bridgehead atoms. The lowest BCUT2D eigenvalue weighted by Crippen LogP contribution is -2.12. The smallest absolute Gasteiger partial charge is 0.0939 e. The molecule has 0 aliphatic heterocycles. The summed E-state index contributed by atoms with van der Waals surface area (Å²) in [5.41, 5.74) is 0. The summed E-state index contributed by atoms with van der Waals surface area (Å²) in [6.07, 6.45) is 80.5. The van der Waals surface area contributed by atoms with Crippen molar-refractivity contribution in [1.82, 2.24) is 0 Å². The lowest BCUT2D eigenvalue weighted by atomic mass is 10.1. The van der Waals surface area contributed by atoms with Gasteiger partial charge in [-0.3, -0.25) is 0 Å². The van der Waals surface area contributed by atoms with E-state index in [0.29, 0.717) is 0 Å².